The quantitative estimate of drug-likeness (QED) is 0.827. The molecule has 0 aliphatic heterocycles. The number of nitrogens with two attached hydrogens (primary N) is 1. The lowest BCUT2D eigenvalue weighted by molar-refractivity contribution is 0.299. The largest absolute Gasteiger partial charge is 0.493 e. The molecule has 0 saturated heterocycles. The summed E-state index contributed by atoms with van der Waals surface area (Å²) >= 11 is 0. The van der Waals surface area contributed by atoms with Gasteiger partial charge in [0.15, 0.2) is 0 Å². The van der Waals surface area contributed by atoms with Crippen LogP contribution in [-0.4, -0.2) is 12.6 Å². The van der Waals surface area contributed by atoms with Gasteiger partial charge < -0.3 is 10.5 Å². The standard InChI is InChI=1S/C16H25NO.ClH/c1-3-13-10-16(18-11-12-5-6-12)8-7-14(13)9-15(17)4-2;/h7-8,10,12,15H,3-6,9,11,17H2,1-2H3;1H. The average molecular weight is 284 g/mol. The minimum atomic E-state index is 0. The van der Waals surface area contributed by atoms with Crippen LogP contribution in [0.1, 0.15) is 44.2 Å². The van der Waals surface area contributed by atoms with E-state index in [1.165, 1.54) is 24.0 Å². The van der Waals surface area contributed by atoms with Crippen molar-refractivity contribution < 1.29 is 4.74 Å². The van der Waals surface area contributed by atoms with Crippen molar-refractivity contribution in [3.8, 4) is 5.75 Å². The molecule has 19 heavy (non-hydrogen) atoms. The summed E-state index contributed by atoms with van der Waals surface area (Å²) in [6.45, 7) is 5.22. The first-order valence-corrected chi connectivity index (χ1v) is 7.23. The van der Waals surface area contributed by atoms with Gasteiger partial charge in [0, 0.05) is 6.04 Å². The van der Waals surface area contributed by atoms with E-state index >= 15 is 0 Å². The number of ether oxygens (including phenoxy) is 1. The van der Waals surface area contributed by atoms with Crippen LogP contribution < -0.4 is 10.5 Å². The second-order valence-electron chi connectivity index (χ2n) is 5.41. The molecule has 2 rings (SSSR count). The van der Waals surface area contributed by atoms with Crippen molar-refractivity contribution in [2.75, 3.05) is 6.61 Å². The number of rotatable bonds is 7. The summed E-state index contributed by atoms with van der Waals surface area (Å²) in [5.74, 6) is 1.83. The molecule has 0 heterocycles. The van der Waals surface area contributed by atoms with Crippen LogP contribution in [0.5, 0.6) is 5.75 Å². The Kier molecular flexibility index (Phi) is 6.67. The number of hydrogen-bond donors (Lipinski definition) is 1. The lowest BCUT2D eigenvalue weighted by Crippen LogP contribution is -2.22. The van der Waals surface area contributed by atoms with Gasteiger partial charge >= 0.3 is 0 Å². The fourth-order valence-corrected chi connectivity index (χ4v) is 2.15. The number of benzene rings is 1. The van der Waals surface area contributed by atoms with Crippen LogP contribution in [0.25, 0.3) is 0 Å². The summed E-state index contributed by atoms with van der Waals surface area (Å²) in [6, 6.07) is 6.75. The first kappa shape index (κ1) is 16.3. The molecule has 0 bridgehead atoms. The lowest BCUT2D eigenvalue weighted by atomic mass is 9.97. The fourth-order valence-electron chi connectivity index (χ4n) is 2.15. The van der Waals surface area contributed by atoms with Gasteiger partial charge in [-0.25, -0.2) is 0 Å². The summed E-state index contributed by atoms with van der Waals surface area (Å²) in [5, 5.41) is 0. The molecule has 1 aromatic carbocycles. The Hall–Kier alpha value is -0.730. The van der Waals surface area contributed by atoms with Gasteiger partial charge in [0.05, 0.1) is 6.61 Å². The normalized spacial score (nSPS) is 15.7. The molecule has 1 aromatic rings. The van der Waals surface area contributed by atoms with E-state index in [4.69, 9.17) is 10.5 Å². The minimum absolute atomic E-state index is 0. The maximum Gasteiger partial charge on any atom is 0.119 e. The van der Waals surface area contributed by atoms with Gasteiger partial charge in [0.1, 0.15) is 5.75 Å². The molecular weight excluding hydrogens is 258 g/mol. The minimum Gasteiger partial charge on any atom is -0.493 e. The van der Waals surface area contributed by atoms with E-state index in [1.807, 2.05) is 0 Å². The maximum absolute atomic E-state index is 6.04. The highest BCUT2D eigenvalue weighted by Gasteiger charge is 2.22. The summed E-state index contributed by atoms with van der Waals surface area (Å²) in [6.07, 6.45) is 5.73. The van der Waals surface area contributed by atoms with Gasteiger partial charge in [0.25, 0.3) is 0 Å². The molecule has 0 amide bonds. The van der Waals surface area contributed by atoms with Gasteiger partial charge in [0.2, 0.25) is 0 Å². The van der Waals surface area contributed by atoms with Crippen molar-refractivity contribution in [1.29, 1.82) is 0 Å². The van der Waals surface area contributed by atoms with Crippen molar-refractivity contribution in [2.45, 2.75) is 52.0 Å². The monoisotopic (exact) mass is 283 g/mol. The van der Waals surface area contributed by atoms with Gasteiger partial charge in [-0.15, -0.1) is 12.4 Å². The second-order valence-corrected chi connectivity index (χ2v) is 5.41. The van der Waals surface area contributed by atoms with Crippen molar-refractivity contribution in [3.63, 3.8) is 0 Å². The highest BCUT2D eigenvalue weighted by molar-refractivity contribution is 5.85. The Morgan fingerprint density at radius 2 is 2.00 bits per heavy atom. The van der Waals surface area contributed by atoms with Gasteiger partial charge in [-0.1, -0.05) is 19.9 Å². The zero-order chi connectivity index (χ0) is 13.0. The summed E-state index contributed by atoms with van der Waals surface area (Å²) in [5.41, 5.74) is 8.80. The molecule has 3 heteroatoms. The van der Waals surface area contributed by atoms with E-state index in [1.54, 1.807) is 0 Å². The molecule has 2 nitrogen and oxygen atoms in total. The van der Waals surface area contributed by atoms with Crippen molar-refractivity contribution in [1.82, 2.24) is 0 Å². The Labute approximate surface area is 123 Å². The molecular formula is C16H26ClNO. The van der Waals surface area contributed by atoms with Crippen molar-refractivity contribution in [2.24, 2.45) is 11.7 Å². The van der Waals surface area contributed by atoms with Crippen molar-refractivity contribution in [3.05, 3.63) is 29.3 Å². The van der Waals surface area contributed by atoms with Crippen LogP contribution in [0.2, 0.25) is 0 Å². The highest BCUT2D eigenvalue weighted by atomic mass is 35.5. The van der Waals surface area contributed by atoms with E-state index in [-0.39, 0.29) is 18.4 Å². The third kappa shape index (κ3) is 5.04. The third-order valence-electron chi connectivity index (χ3n) is 3.75. The summed E-state index contributed by atoms with van der Waals surface area (Å²) < 4.78 is 5.83. The first-order chi connectivity index (χ1) is 8.72. The van der Waals surface area contributed by atoms with E-state index < -0.39 is 0 Å². The van der Waals surface area contributed by atoms with Crippen LogP contribution in [0.15, 0.2) is 18.2 Å². The van der Waals surface area contributed by atoms with E-state index in [0.29, 0.717) is 0 Å². The van der Waals surface area contributed by atoms with Gasteiger partial charge in [-0.2, -0.15) is 0 Å². The van der Waals surface area contributed by atoms with Gasteiger partial charge in [-0.3, -0.25) is 0 Å². The van der Waals surface area contributed by atoms with Crippen molar-refractivity contribution >= 4 is 12.4 Å². The van der Waals surface area contributed by atoms with Crippen LogP contribution in [0, 0.1) is 5.92 Å². The molecule has 1 saturated carbocycles. The highest BCUT2D eigenvalue weighted by Crippen LogP contribution is 2.30. The summed E-state index contributed by atoms with van der Waals surface area (Å²) in [4.78, 5) is 0. The Morgan fingerprint density at radius 1 is 1.26 bits per heavy atom. The zero-order valence-electron chi connectivity index (χ0n) is 12.0. The second kappa shape index (κ2) is 7.76. The number of aryl methyl sites for hydroxylation is 1. The fraction of sp³-hybridized carbons (Fsp3) is 0.625. The van der Waals surface area contributed by atoms with E-state index in [2.05, 4.69) is 32.0 Å². The first-order valence-electron chi connectivity index (χ1n) is 7.23. The molecule has 0 spiro atoms. The number of hydrogen-bond acceptors (Lipinski definition) is 2. The molecule has 1 aliphatic carbocycles. The predicted molar refractivity (Wildman–Crippen MR) is 83.3 cm³/mol. The molecule has 1 unspecified atom stereocenters. The molecule has 1 aliphatic rings. The molecule has 1 fully saturated rings. The number of halogens is 1. The zero-order valence-corrected chi connectivity index (χ0v) is 12.8. The average Bonchev–Trinajstić information content (AvgIpc) is 3.21. The van der Waals surface area contributed by atoms with E-state index in [9.17, 15) is 0 Å². The Balaban J connectivity index is 0.00000180. The van der Waals surface area contributed by atoms with E-state index in [0.717, 1.165) is 37.5 Å². The predicted octanol–water partition coefficient (Wildman–Crippen LogP) is 3.74. The SMILES string of the molecule is CCc1cc(OCC2CC2)ccc1CC(N)CC.Cl. The topological polar surface area (TPSA) is 35.2 Å². The Morgan fingerprint density at radius 3 is 2.58 bits per heavy atom. The van der Waals surface area contributed by atoms with Crippen LogP contribution in [0.3, 0.4) is 0 Å². The third-order valence-corrected chi connectivity index (χ3v) is 3.75. The van der Waals surface area contributed by atoms with Gasteiger partial charge in [-0.05, 0) is 61.3 Å². The van der Waals surface area contributed by atoms with Crippen LogP contribution in [0.4, 0.5) is 0 Å². The summed E-state index contributed by atoms with van der Waals surface area (Å²) in [7, 11) is 0. The maximum atomic E-state index is 6.04. The smallest absolute Gasteiger partial charge is 0.119 e. The molecule has 0 radical (unpaired) electrons. The van der Waals surface area contributed by atoms with Crippen LogP contribution >= 0.6 is 12.4 Å². The molecule has 2 N–H and O–H groups in total. The molecule has 1 atom stereocenters. The van der Waals surface area contributed by atoms with Crippen LogP contribution in [-0.2, 0) is 12.8 Å². The molecule has 0 aromatic heterocycles. The molecule has 108 valence electrons. The lowest BCUT2D eigenvalue weighted by Gasteiger charge is -2.14. The Bertz CT molecular complexity index is 390.